The van der Waals surface area contributed by atoms with E-state index in [2.05, 4.69) is 9.97 Å². The van der Waals surface area contributed by atoms with E-state index in [1.54, 1.807) is 24.7 Å². The first kappa shape index (κ1) is 11.7. The first-order valence-corrected chi connectivity index (χ1v) is 5.95. The molecular formula is C14H13N3O2. The summed E-state index contributed by atoms with van der Waals surface area (Å²) in [5, 5.41) is 9.23. The van der Waals surface area contributed by atoms with Crippen molar-refractivity contribution in [3.8, 4) is 5.75 Å². The molecule has 1 N–H and O–H groups in total. The van der Waals surface area contributed by atoms with E-state index < -0.39 is 0 Å². The van der Waals surface area contributed by atoms with Crippen molar-refractivity contribution in [2.75, 3.05) is 0 Å². The molecule has 5 heteroatoms. The van der Waals surface area contributed by atoms with Crippen LogP contribution >= 0.6 is 0 Å². The van der Waals surface area contributed by atoms with Crippen molar-refractivity contribution in [1.82, 2.24) is 14.4 Å². The molecule has 3 heterocycles. The average molecular weight is 255 g/mol. The van der Waals surface area contributed by atoms with Gasteiger partial charge in [-0.05, 0) is 12.1 Å². The maximum atomic E-state index is 9.23. The highest BCUT2D eigenvalue weighted by atomic mass is 16.5. The highest BCUT2D eigenvalue weighted by Crippen LogP contribution is 2.18. The van der Waals surface area contributed by atoms with Gasteiger partial charge in [-0.25, -0.2) is 4.98 Å². The second kappa shape index (κ2) is 5.07. The zero-order chi connectivity index (χ0) is 13.1. The molecule has 3 aromatic rings. The third-order valence-corrected chi connectivity index (χ3v) is 2.92. The number of hydrogen-bond acceptors (Lipinski definition) is 4. The topological polar surface area (TPSA) is 59.7 Å². The van der Waals surface area contributed by atoms with Crippen LogP contribution in [0.1, 0.15) is 11.1 Å². The van der Waals surface area contributed by atoms with Crippen LogP contribution in [0.25, 0.3) is 5.65 Å². The molecule has 19 heavy (non-hydrogen) atoms. The van der Waals surface area contributed by atoms with Crippen molar-refractivity contribution in [2.24, 2.45) is 0 Å². The van der Waals surface area contributed by atoms with Gasteiger partial charge in [0.1, 0.15) is 18.0 Å². The largest absolute Gasteiger partial charge is 0.487 e. The fraction of sp³-hybridized carbons (Fsp3) is 0.143. The molecule has 0 amide bonds. The van der Waals surface area contributed by atoms with Crippen molar-refractivity contribution < 1.29 is 9.84 Å². The average Bonchev–Trinajstić information content (AvgIpc) is 2.94. The van der Waals surface area contributed by atoms with E-state index in [1.165, 1.54) is 0 Å². The molecule has 0 radical (unpaired) electrons. The first-order valence-electron chi connectivity index (χ1n) is 5.95. The molecular weight excluding hydrogens is 242 g/mol. The standard InChI is InChI=1S/C14H13N3O2/c18-9-11-3-4-15-8-13(11)19-10-12-2-1-6-17-7-5-16-14(12)17/h1-8,18H,9-10H2. The Balaban J connectivity index is 1.84. The molecule has 0 aliphatic rings. The minimum Gasteiger partial charge on any atom is -0.487 e. The molecule has 0 aliphatic carbocycles. The van der Waals surface area contributed by atoms with E-state index in [-0.39, 0.29) is 6.61 Å². The Labute approximate surface area is 110 Å². The third kappa shape index (κ3) is 2.28. The van der Waals surface area contributed by atoms with Gasteiger partial charge < -0.3 is 14.2 Å². The minimum atomic E-state index is -0.0641. The van der Waals surface area contributed by atoms with Crippen LogP contribution in [0.2, 0.25) is 0 Å². The highest BCUT2D eigenvalue weighted by molar-refractivity contribution is 5.47. The van der Waals surface area contributed by atoms with Gasteiger partial charge in [0.15, 0.2) is 0 Å². The number of ether oxygens (including phenoxy) is 1. The molecule has 0 saturated heterocycles. The van der Waals surface area contributed by atoms with Gasteiger partial charge in [-0.2, -0.15) is 0 Å². The van der Waals surface area contributed by atoms with Gasteiger partial charge in [-0.1, -0.05) is 6.07 Å². The summed E-state index contributed by atoms with van der Waals surface area (Å²) in [6.45, 7) is 0.325. The molecule has 0 aromatic carbocycles. The second-order valence-corrected chi connectivity index (χ2v) is 4.12. The number of aliphatic hydroxyl groups excluding tert-OH is 1. The van der Waals surface area contributed by atoms with Crippen molar-refractivity contribution in [3.05, 3.63) is 60.3 Å². The first-order chi connectivity index (χ1) is 9.38. The quantitative estimate of drug-likeness (QED) is 0.772. The molecule has 0 unspecified atom stereocenters. The molecule has 0 atom stereocenters. The fourth-order valence-corrected chi connectivity index (χ4v) is 1.95. The number of rotatable bonds is 4. The van der Waals surface area contributed by atoms with Crippen LogP contribution in [0.15, 0.2) is 49.2 Å². The molecule has 0 saturated carbocycles. The smallest absolute Gasteiger partial charge is 0.143 e. The van der Waals surface area contributed by atoms with Gasteiger partial charge in [0.2, 0.25) is 0 Å². The number of fused-ring (bicyclic) bond motifs is 1. The van der Waals surface area contributed by atoms with Crippen molar-refractivity contribution >= 4 is 5.65 Å². The monoisotopic (exact) mass is 255 g/mol. The normalized spacial score (nSPS) is 10.8. The zero-order valence-corrected chi connectivity index (χ0v) is 10.2. The Morgan fingerprint density at radius 1 is 1.16 bits per heavy atom. The molecule has 0 bridgehead atoms. The second-order valence-electron chi connectivity index (χ2n) is 4.12. The summed E-state index contributed by atoms with van der Waals surface area (Å²) >= 11 is 0. The number of hydrogen-bond donors (Lipinski definition) is 1. The Morgan fingerprint density at radius 3 is 3.00 bits per heavy atom. The lowest BCUT2D eigenvalue weighted by Crippen LogP contribution is -2.01. The van der Waals surface area contributed by atoms with Crippen LogP contribution in [-0.2, 0) is 13.2 Å². The van der Waals surface area contributed by atoms with E-state index in [9.17, 15) is 5.11 Å². The number of aliphatic hydroxyl groups is 1. The lowest BCUT2D eigenvalue weighted by atomic mass is 10.2. The molecule has 0 fully saturated rings. The molecule has 96 valence electrons. The number of aromatic nitrogens is 3. The summed E-state index contributed by atoms with van der Waals surface area (Å²) in [7, 11) is 0. The van der Waals surface area contributed by atoms with Crippen molar-refractivity contribution in [1.29, 1.82) is 0 Å². The molecule has 0 spiro atoms. The van der Waals surface area contributed by atoms with Crippen LogP contribution < -0.4 is 4.74 Å². The molecule has 0 aliphatic heterocycles. The number of pyridine rings is 2. The molecule has 3 aromatic heterocycles. The lowest BCUT2D eigenvalue weighted by molar-refractivity contribution is 0.258. The van der Waals surface area contributed by atoms with Gasteiger partial charge in [-0.15, -0.1) is 0 Å². The maximum Gasteiger partial charge on any atom is 0.143 e. The lowest BCUT2D eigenvalue weighted by Gasteiger charge is -2.09. The Kier molecular flexibility index (Phi) is 3.12. The third-order valence-electron chi connectivity index (χ3n) is 2.92. The summed E-state index contributed by atoms with van der Waals surface area (Å²) < 4.78 is 7.66. The predicted octanol–water partition coefficient (Wildman–Crippen LogP) is 1.80. The van der Waals surface area contributed by atoms with Crippen LogP contribution in [0.4, 0.5) is 0 Å². The van der Waals surface area contributed by atoms with Crippen LogP contribution in [0, 0.1) is 0 Å². The van der Waals surface area contributed by atoms with E-state index in [0.717, 1.165) is 16.8 Å². The Bertz CT molecular complexity index is 694. The summed E-state index contributed by atoms with van der Waals surface area (Å²) in [5.41, 5.74) is 2.59. The van der Waals surface area contributed by atoms with Crippen LogP contribution in [0.3, 0.4) is 0 Å². The summed E-state index contributed by atoms with van der Waals surface area (Å²) in [6, 6.07) is 5.66. The van der Waals surface area contributed by atoms with Crippen molar-refractivity contribution in [3.63, 3.8) is 0 Å². The van der Waals surface area contributed by atoms with Crippen LogP contribution in [-0.4, -0.2) is 19.5 Å². The van der Waals surface area contributed by atoms with Gasteiger partial charge in [0, 0.05) is 35.9 Å². The summed E-state index contributed by atoms with van der Waals surface area (Å²) in [4.78, 5) is 8.29. The Morgan fingerprint density at radius 2 is 2.11 bits per heavy atom. The van der Waals surface area contributed by atoms with E-state index in [4.69, 9.17) is 4.74 Å². The SMILES string of the molecule is OCc1ccncc1OCc1cccn2ccnc12. The number of imidazole rings is 1. The summed E-state index contributed by atoms with van der Waals surface area (Å²) in [6.07, 6.45) is 8.82. The predicted molar refractivity (Wildman–Crippen MR) is 69.7 cm³/mol. The van der Waals surface area contributed by atoms with E-state index in [1.807, 2.05) is 28.9 Å². The highest BCUT2D eigenvalue weighted by Gasteiger charge is 2.06. The zero-order valence-electron chi connectivity index (χ0n) is 10.2. The maximum absolute atomic E-state index is 9.23. The van der Waals surface area contributed by atoms with Gasteiger partial charge >= 0.3 is 0 Å². The molecule has 3 rings (SSSR count). The summed E-state index contributed by atoms with van der Waals surface area (Å²) in [5.74, 6) is 0.596. The van der Waals surface area contributed by atoms with E-state index in [0.29, 0.717) is 12.4 Å². The minimum absolute atomic E-state index is 0.0641. The van der Waals surface area contributed by atoms with Gasteiger partial charge in [-0.3, -0.25) is 4.98 Å². The fourth-order valence-electron chi connectivity index (χ4n) is 1.95. The Hall–Kier alpha value is -2.40. The molecule has 5 nitrogen and oxygen atoms in total. The number of nitrogens with zero attached hydrogens (tertiary/aromatic N) is 3. The van der Waals surface area contributed by atoms with Gasteiger partial charge in [0.25, 0.3) is 0 Å². The van der Waals surface area contributed by atoms with Crippen LogP contribution in [0.5, 0.6) is 5.75 Å². The van der Waals surface area contributed by atoms with E-state index >= 15 is 0 Å². The van der Waals surface area contributed by atoms with Crippen molar-refractivity contribution in [2.45, 2.75) is 13.2 Å². The van der Waals surface area contributed by atoms with Gasteiger partial charge in [0.05, 0.1) is 12.8 Å².